The highest BCUT2D eigenvalue weighted by molar-refractivity contribution is 7.47. The van der Waals surface area contributed by atoms with Gasteiger partial charge >= 0.3 is 19.8 Å². The van der Waals surface area contributed by atoms with Gasteiger partial charge in [0.05, 0.1) is 27.7 Å². The van der Waals surface area contributed by atoms with E-state index >= 15 is 0 Å². The standard InChI is InChI=1S/C68H128NO8P/c1-6-8-10-12-14-16-18-20-22-24-26-28-29-30-31-32-33-34-35-36-37-38-39-41-43-45-47-49-51-53-55-57-59-61-68(71)77-66(65-76-78(72,73)75-63-62-69(3,4)5)64-74-67(70)60-58-56-54-52-50-48-46-44-42-40-27-25-23-21-19-17-15-13-11-9-7-2/h18-21,24-27,66H,6-17,22-23,28-65H2,1-5H3/p+1/b20-18-,21-19-,26-24-,27-25-. The Morgan fingerprint density at radius 1 is 0.397 bits per heavy atom. The van der Waals surface area contributed by atoms with Gasteiger partial charge in [-0.05, 0) is 77.0 Å². The predicted molar refractivity (Wildman–Crippen MR) is 335 cm³/mol. The van der Waals surface area contributed by atoms with Gasteiger partial charge in [-0.3, -0.25) is 18.6 Å². The van der Waals surface area contributed by atoms with Crippen LogP contribution in [0.3, 0.4) is 0 Å². The Kier molecular flexibility index (Phi) is 58.0. The molecule has 0 spiro atoms. The molecule has 9 nitrogen and oxygen atoms in total. The number of ether oxygens (including phenoxy) is 2. The summed E-state index contributed by atoms with van der Waals surface area (Å²) in [6.45, 7) is 4.46. The van der Waals surface area contributed by atoms with Crippen molar-refractivity contribution in [2.75, 3.05) is 47.5 Å². The zero-order chi connectivity index (χ0) is 57.0. The molecule has 1 N–H and O–H groups in total. The summed E-state index contributed by atoms with van der Waals surface area (Å²) in [5.41, 5.74) is 0. The summed E-state index contributed by atoms with van der Waals surface area (Å²) < 4.78 is 34.7. The molecular weight excluding hydrogens is 990 g/mol. The molecule has 0 aromatic rings. The number of esters is 2. The molecule has 0 aliphatic carbocycles. The van der Waals surface area contributed by atoms with Gasteiger partial charge in [0.2, 0.25) is 0 Å². The number of likely N-dealkylation sites (N-methyl/N-ethyl adjacent to an activating group) is 1. The second-order valence-corrected chi connectivity index (χ2v) is 25.3. The van der Waals surface area contributed by atoms with Gasteiger partial charge in [0.15, 0.2) is 6.10 Å². The third kappa shape index (κ3) is 63.2. The SMILES string of the molecule is CCCCCCC/C=C\C/C=C\CCCCCCCCCCCCCCCCCCCCCCCC(=O)OC(COC(=O)CCCCCCCCCCC/C=C\C/C=C\CCCCCCC)COP(=O)(O)OCC[N+](C)(C)C. The Balaban J connectivity index is 4.02. The van der Waals surface area contributed by atoms with Crippen LogP contribution >= 0.6 is 7.82 Å². The minimum absolute atomic E-state index is 0.0321. The summed E-state index contributed by atoms with van der Waals surface area (Å²) in [6.07, 6.45) is 76.3. The number of quaternary nitrogens is 1. The first-order chi connectivity index (χ1) is 38.0. The van der Waals surface area contributed by atoms with Crippen molar-refractivity contribution in [1.29, 1.82) is 0 Å². The van der Waals surface area contributed by atoms with Crippen LogP contribution in [-0.2, 0) is 32.7 Å². The highest BCUT2D eigenvalue weighted by atomic mass is 31.2. The monoisotopic (exact) mass is 1120 g/mol. The van der Waals surface area contributed by atoms with Crippen LogP contribution in [0.4, 0.5) is 0 Å². The maximum Gasteiger partial charge on any atom is 0.472 e. The van der Waals surface area contributed by atoms with Crippen LogP contribution in [0.5, 0.6) is 0 Å². The average Bonchev–Trinajstić information content (AvgIpc) is 3.41. The molecule has 0 fully saturated rings. The Labute approximate surface area is 484 Å². The molecule has 0 saturated heterocycles. The predicted octanol–water partition coefficient (Wildman–Crippen LogP) is 21.3. The molecule has 458 valence electrons. The topological polar surface area (TPSA) is 108 Å². The van der Waals surface area contributed by atoms with Crippen LogP contribution in [0.15, 0.2) is 48.6 Å². The fraction of sp³-hybridized carbons (Fsp3) is 0.853. The number of unbranched alkanes of at least 4 members (excludes halogenated alkanes) is 40. The summed E-state index contributed by atoms with van der Waals surface area (Å²) in [7, 11) is 1.49. The van der Waals surface area contributed by atoms with Crippen molar-refractivity contribution in [1.82, 2.24) is 0 Å². The van der Waals surface area contributed by atoms with Crippen LogP contribution < -0.4 is 0 Å². The molecule has 0 saturated carbocycles. The van der Waals surface area contributed by atoms with Gasteiger partial charge in [-0.25, -0.2) is 4.57 Å². The smallest absolute Gasteiger partial charge is 0.462 e. The Morgan fingerprint density at radius 2 is 0.692 bits per heavy atom. The van der Waals surface area contributed by atoms with E-state index in [-0.39, 0.29) is 32.0 Å². The lowest BCUT2D eigenvalue weighted by atomic mass is 10.0. The number of phosphoric acid groups is 1. The quantitative estimate of drug-likeness (QED) is 0.0211. The van der Waals surface area contributed by atoms with Gasteiger partial charge in [-0.1, -0.05) is 281 Å². The highest BCUT2D eigenvalue weighted by Crippen LogP contribution is 2.43. The number of allylic oxidation sites excluding steroid dienone is 8. The van der Waals surface area contributed by atoms with E-state index < -0.39 is 26.5 Å². The van der Waals surface area contributed by atoms with E-state index in [2.05, 4.69) is 62.5 Å². The first-order valence-corrected chi connectivity index (χ1v) is 34.9. The van der Waals surface area contributed by atoms with Gasteiger partial charge in [-0.15, -0.1) is 0 Å². The number of carbonyl (C=O) groups is 2. The van der Waals surface area contributed by atoms with Crippen LogP contribution in [-0.4, -0.2) is 74.9 Å². The summed E-state index contributed by atoms with van der Waals surface area (Å²) in [5.74, 6) is -0.787. The van der Waals surface area contributed by atoms with Gasteiger partial charge in [-0.2, -0.15) is 0 Å². The Bertz CT molecular complexity index is 1460. The highest BCUT2D eigenvalue weighted by Gasteiger charge is 2.27. The van der Waals surface area contributed by atoms with E-state index in [0.29, 0.717) is 17.4 Å². The maximum atomic E-state index is 12.9. The molecule has 0 aromatic heterocycles. The molecule has 10 heteroatoms. The second-order valence-electron chi connectivity index (χ2n) is 23.9. The number of rotatable bonds is 62. The molecular formula is C68H129NO8P+. The van der Waals surface area contributed by atoms with Gasteiger partial charge < -0.3 is 18.9 Å². The van der Waals surface area contributed by atoms with Crippen LogP contribution in [0.1, 0.15) is 322 Å². The van der Waals surface area contributed by atoms with E-state index in [1.807, 2.05) is 21.1 Å². The fourth-order valence-electron chi connectivity index (χ4n) is 9.67. The van der Waals surface area contributed by atoms with E-state index in [9.17, 15) is 19.0 Å². The molecule has 2 unspecified atom stereocenters. The van der Waals surface area contributed by atoms with Crippen LogP contribution in [0.2, 0.25) is 0 Å². The molecule has 0 bridgehead atoms. The normalized spacial score (nSPS) is 13.5. The first-order valence-electron chi connectivity index (χ1n) is 33.4. The lowest BCUT2D eigenvalue weighted by Gasteiger charge is -2.24. The molecule has 0 rings (SSSR count). The first kappa shape index (κ1) is 76.0. The molecule has 0 amide bonds. The number of nitrogens with zero attached hydrogens (tertiary/aromatic N) is 1. The van der Waals surface area contributed by atoms with Crippen molar-refractivity contribution in [3.8, 4) is 0 Å². The molecule has 0 heterocycles. The largest absolute Gasteiger partial charge is 0.472 e. The average molecular weight is 1120 g/mol. The van der Waals surface area contributed by atoms with E-state index in [0.717, 1.165) is 44.9 Å². The Hall–Kier alpha value is -2.03. The van der Waals surface area contributed by atoms with Crippen molar-refractivity contribution >= 4 is 19.8 Å². The van der Waals surface area contributed by atoms with E-state index in [4.69, 9.17) is 18.5 Å². The number of hydrogen-bond donors (Lipinski definition) is 1. The van der Waals surface area contributed by atoms with Crippen LogP contribution in [0.25, 0.3) is 0 Å². The van der Waals surface area contributed by atoms with E-state index in [1.54, 1.807) is 0 Å². The number of phosphoric ester groups is 1. The van der Waals surface area contributed by atoms with Crippen molar-refractivity contribution in [3.05, 3.63) is 48.6 Å². The second kappa shape index (κ2) is 59.6. The molecule has 2 atom stereocenters. The molecule has 0 aromatic carbocycles. The zero-order valence-corrected chi connectivity index (χ0v) is 53.1. The van der Waals surface area contributed by atoms with Crippen molar-refractivity contribution < 1.29 is 42.1 Å². The van der Waals surface area contributed by atoms with E-state index in [1.165, 1.54) is 244 Å². The zero-order valence-electron chi connectivity index (χ0n) is 52.2. The molecule has 0 aliphatic heterocycles. The maximum absolute atomic E-state index is 12.9. The summed E-state index contributed by atoms with van der Waals surface area (Å²) >= 11 is 0. The summed E-state index contributed by atoms with van der Waals surface area (Å²) in [4.78, 5) is 35.8. The van der Waals surface area contributed by atoms with Crippen LogP contribution in [0, 0.1) is 0 Å². The summed E-state index contributed by atoms with van der Waals surface area (Å²) in [5, 5.41) is 0. The molecule has 78 heavy (non-hydrogen) atoms. The van der Waals surface area contributed by atoms with Crippen molar-refractivity contribution in [3.63, 3.8) is 0 Å². The van der Waals surface area contributed by atoms with Gasteiger partial charge in [0.1, 0.15) is 19.8 Å². The minimum atomic E-state index is -4.39. The van der Waals surface area contributed by atoms with Gasteiger partial charge in [0, 0.05) is 12.8 Å². The molecule has 0 radical (unpaired) electrons. The van der Waals surface area contributed by atoms with Crippen molar-refractivity contribution in [2.45, 2.75) is 328 Å². The lowest BCUT2D eigenvalue weighted by Crippen LogP contribution is -2.37. The van der Waals surface area contributed by atoms with Gasteiger partial charge in [0.25, 0.3) is 0 Å². The molecule has 0 aliphatic rings. The van der Waals surface area contributed by atoms with Crippen molar-refractivity contribution in [2.24, 2.45) is 0 Å². The summed E-state index contributed by atoms with van der Waals surface area (Å²) in [6, 6.07) is 0. The lowest BCUT2D eigenvalue weighted by molar-refractivity contribution is -0.870. The number of hydrogen-bond acceptors (Lipinski definition) is 7. The third-order valence-electron chi connectivity index (χ3n) is 14.8. The minimum Gasteiger partial charge on any atom is -0.462 e. The fourth-order valence-corrected chi connectivity index (χ4v) is 10.4. The Morgan fingerprint density at radius 3 is 1.01 bits per heavy atom. The number of carbonyl (C=O) groups excluding carboxylic acids is 2. The third-order valence-corrected chi connectivity index (χ3v) is 15.8.